The summed E-state index contributed by atoms with van der Waals surface area (Å²) in [5, 5.41) is 9.94. The van der Waals surface area contributed by atoms with Crippen LogP contribution in [0.2, 0.25) is 0 Å². The number of nitrogens with zero attached hydrogens (tertiary/aromatic N) is 5. The molecule has 6 nitrogen and oxygen atoms in total. The molecule has 0 amide bonds. The molecule has 176 valence electrons. The molecular weight excluding hydrogens is 440 g/mol. The number of nitrogens with one attached hydrogen (secondary N) is 1. The summed E-state index contributed by atoms with van der Waals surface area (Å²) in [7, 11) is 0. The van der Waals surface area contributed by atoms with E-state index in [1.54, 1.807) is 11.3 Å². The van der Waals surface area contributed by atoms with Crippen molar-refractivity contribution in [1.82, 2.24) is 19.5 Å². The van der Waals surface area contributed by atoms with Gasteiger partial charge in [0.25, 0.3) is 0 Å². The summed E-state index contributed by atoms with van der Waals surface area (Å²) in [5.74, 6) is 1.05. The maximum absolute atomic E-state index is 5.06. The molecule has 1 saturated heterocycles. The first-order valence-corrected chi connectivity index (χ1v) is 13.3. The zero-order valence-electron chi connectivity index (χ0n) is 19.8. The van der Waals surface area contributed by atoms with Gasteiger partial charge in [-0.2, -0.15) is 4.52 Å². The van der Waals surface area contributed by atoms with Crippen LogP contribution < -0.4 is 10.2 Å². The van der Waals surface area contributed by atoms with Crippen molar-refractivity contribution in [3.8, 4) is 11.3 Å². The highest BCUT2D eigenvalue weighted by atomic mass is 32.1. The number of imidazole rings is 1. The lowest BCUT2D eigenvalue weighted by Gasteiger charge is -2.34. The van der Waals surface area contributed by atoms with Gasteiger partial charge in [-0.1, -0.05) is 84.3 Å². The van der Waals surface area contributed by atoms with Crippen LogP contribution in [0.5, 0.6) is 0 Å². The fraction of sp³-hybridized carbons (Fsp3) is 0.407. The van der Waals surface area contributed by atoms with Gasteiger partial charge in [0.15, 0.2) is 5.82 Å². The highest BCUT2D eigenvalue weighted by Gasteiger charge is 2.25. The Hall–Kier alpha value is -2.90. The molecule has 34 heavy (non-hydrogen) atoms. The van der Waals surface area contributed by atoms with Gasteiger partial charge in [-0.05, 0) is 25.3 Å². The van der Waals surface area contributed by atoms with Gasteiger partial charge in [0.1, 0.15) is 5.69 Å². The smallest absolute Gasteiger partial charge is 0.216 e. The Balaban J connectivity index is 1.21. The summed E-state index contributed by atoms with van der Waals surface area (Å²) in [6, 6.07) is 19.9. The number of fused-ring (bicyclic) bond motifs is 1. The quantitative estimate of drug-likeness (QED) is 0.405. The lowest BCUT2D eigenvalue weighted by molar-refractivity contribution is 0.249. The van der Waals surface area contributed by atoms with Crippen LogP contribution in [0, 0.1) is 6.92 Å². The minimum Gasteiger partial charge on any atom is -0.365 e. The first-order valence-electron chi connectivity index (χ1n) is 12.5. The van der Waals surface area contributed by atoms with E-state index >= 15 is 0 Å². The first kappa shape index (κ1) is 21.6. The van der Waals surface area contributed by atoms with Crippen LogP contribution in [-0.2, 0) is 6.54 Å². The van der Waals surface area contributed by atoms with Gasteiger partial charge in [-0.15, -0.1) is 5.10 Å². The SMILES string of the molecule is Cc1cccc(CN2CCN(c3nn4c(NC5CCCC5)c(-c5ccccc5)nc4s3)CC2)c1. The molecule has 0 spiro atoms. The topological polar surface area (TPSA) is 48.7 Å². The highest BCUT2D eigenvalue weighted by molar-refractivity contribution is 7.20. The summed E-state index contributed by atoms with van der Waals surface area (Å²) < 4.78 is 2.06. The molecule has 2 aromatic heterocycles. The molecule has 0 unspecified atom stereocenters. The Morgan fingerprint density at radius 1 is 0.971 bits per heavy atom. The van der Waals surface area contributed by atoms with Crippen molar-refractivity contribution in [1.29, 1.82) is 0 Å². The summed E-state index contributed by atoms with van der Waals surface area (Å²) in [4.78, 5) is 11.0. The van der Waals surface area contributed by atoms with E-state index in [4.69, 9.17) is 10.1 Å². The number of aromatic nitrogens is 3. The molecule has 7 heteroatoms. The molecule has 2 aromatic carbocycles. The Morgan fingerprint density at radius 2 is 1.76 bits per heavy atom. The van der Waals surface area contributed by atoms with Gasteiger partial charge < -0.3 is 10.2 Å². The fourth-order valence-corrected chi connectivity index (χ4v) is 6.18. The van der Waals surface area contributed by atoms with Crippen molar-refractivity contribution in [2.75, 3.05) is 36.4 Å². The van der Waals surface area contributed by atoms with Crippen molar-refractivity contribution in [2.24, 2.45) is 0 Å². The van der Waals surface area contributed by atoms with E-state index in [1.165, 1.54) is 36.8 Å². The number of anilines is 2. The highest BCUT2D eigenvalue weighted by Crippen LogP contribution is 2.35. The van der Waals surface area contributed by atoms with Crippen LogP contribution in [0.25, 0.3) is 16.2 Å². The number of hydrogen-bond donors (Lipinski definition) is 1. The second kappa shape index (κ2) is 9.39. The van der Waals surface area contributed by atoms with Crippen LogP contribution in [0.15, 0.2) is 54.6 Å². The molecule has 4 aromatic rings. The minimum absolute atomic E-state index is 0.512. The maximum atomic E-state index is 5.06. The van der Waals surface area contributed by atoms with E-state index < -0.39 is 0 Å². The van der Waals surface area contributed by atoms with Gasteiger partial charge >= 0.3 is 0 Å². The van der Waals surface area contributed by atoms with Crippen molar-refractivity contribution in [3.05, 3.63) is 65.7 Å². The third-order valence-electron chi connectivity index (χ3n) is 7.07. The van der Waals surface area contributed by atoms with E-state index in [1.807, 2.05) is 0 Å². The van der Waals surface area contributed by atoms with Crippen LogP contribution in [0.1, 0.15) is 36.8 Å². The number of rotatable bonds is 6. The lowest BCUT2D eigenvalue weighted by atomic mass is 10.1. The molecule has 1 aliphatic carbocycles. The third-order valence-corrected chi connectivity index (χ3v) is 8.04. The molecule has 3 heterocycles. The van der Waals surface area contributed by atoms with Gasteiger partial charge in [-0.3, -0.25) is 4.90 Å². The molecule has 0 bridgehead atoms. The Morgan fingerprint density at radius 3 is 2.53 bits per heavy atom. The van der Waals surface area contributed by atoms with Crippen LogP contribution >= 0.6 is 11.3 Å². The average Bonchev–Trinajstić information content (AvgIpc) is 3.58. The molecule has 2 aliphatic rings. The van der Waals surface area contributed by atoms with Crippen molar-refractivity contribution < 1.29 is 0 Å². The monoisotopic (exact) mass is 472 g/mol. The molecular formula is C27H32N6S. The number of aryl methyl sites for hydroxylation is 1. The molecule has 1 saturated carbocycles. The summed E-state index contributed by atoms with van der Waals surface area (Å²) in [5.41, 5.74) is 4.89. The zero-order chi connectivity index (χ0) is 22.9. The van der Waals surface area contributed by atoms with Gasteiger partial charge in [-0.25, -0.2) is 4.98 Å². The second-order valence-electron chi connectivity index (χ2n) is 9.63. The van der Waals surface area contributed by atoms with Gasteiger partial charge in [0, 0.05) is 44.3 Å². The van der Waals surface area contributed by atoms with Crippen molar-refractivity contribution in [3.63, 3.8) is 0 Å². The number of piperazine rings is 1. The van der Waals surface area contributed by atoms with E-state index in [0.717, 1.165) is 59.9 Å². The average molecular weight is 473 g/mol. The van der Waals surface area contributed by atoms with Crippen molar-refractivity contribution >= 4 is 27.2 Å². The predicted molar refractivity (Wildman–Crippen MR) is 141 cm³/mol. The Kier molecular flexibility index (Phi) is 5.97. The lowest BCUT2D eigenvalue weighted by Crippen LogP contribution is -2.46. The van der Waals surface area contributed by atoms with Gasteiger partial charge in [0.2, 0.25) is 10.1 Å². The van der Waals surface area contributed by atoms with Crippen LogP contribution in [0.3, 0.4) is 0 Å². The molecule has 0 radical (unpaired) electrons. The van der Waals surface area contributed by atoms with Gasteiger partial charge in [0.05, 0.1) is 0 Å². The number of hydrogen-bond acceptors (Lipinski definition) is 6. The fourth-order valence-electron chi connectivity index (χ4n) is 5.22. The molecule has 0 atom stereocenters. The largest absolute Gasteiger partial charge is 0.365 e. The minimum atomic E-state index is 0.512. The second-order valence-corrected chi connectivity index (χ2v) is 10.6. The summed E-state index contributed by atoms with van der Waals surface area (Å²) in [6.45, 7) is 7.29. The summed E-state index contributed by atoms with van der Waals surface area (Å²) >= 11 is 1.71. The molecule has 1 N–H and O–H groups in total. The Bertz CT molecular complexity index is 1250. The molecule has 2 fully saturated rings. The predicted octanol–water partition coefficient (Wildman–Crippen LogP) is 5.44. The maximum Gasteiger partial charge on any atom is 0.216 e. The first-order chi connectivity index (χ1) is 16.7. The molecule has 1 aliphatic heterocycles. The Labute approximate surface area is 205 Å². The molecule has 6 rings (SSSR count). The third kappa shape index (κ3) is 4.42. The van der Waals surface area contributed by atoms with E-state index in [9.17, 15) is 0 Å². The van der Waals surface area contributed by atoms with E-state index in [2.05, 4.69) is 81.2 Å². The van der Waals surface area contributed by atoms with Crippen molar-refractivity contribution in [2.45, 2.75) is 45.2 Å². The van der Waals surface area contributed by atoms with Crippen LogP contribution in [0.4, 0.5) is 10.9 Å². The normalized spacial score (nSPS) is 17.6. The van der Waals surface area contributed by atoms with E-state index in [-0.39, 0.29) is 0 Å². The number of benzene rings is 2. The van der Waals surface area contributed by atoms with E-state index in [0.29, 0.717) is 6.04 Å². The standard InChI is InChI=1S/C27H32N6S/c1-20-8-7-9-21(18-20)19-31-14-16-32(17-15-31)27-30-33-25(28-23-12-5-6-13-23)24(29-26(33)34-27)22-10-3-2-4-11-22/h2-4,7-11,18,23,28H,5-6,12-17,19H2,1H3. The zero-order valence-corrected chi connectivity index (χ0v) is 20.6. The summed E-state index contributed by atoms with van der Waals surface area (Å²) in [6.07, 6.45) is 5.05. The van der Waals surface area contributed by atoms with Crippen LogP contribution in [-0.4, -0.2) is 51.7 Å².